The van der Waals surface area contributed by atoms with Crippen LogP contribution in [0.25, 0.3) is 0 Å². The van der Waals surface area contributed by atoms with Crippen LogP contribution >= 0.6 is 11.8 Å². The number of piperidine rings is 1. The second kappa shape index (κ2) is 8.34. The molecule has 0 bridgehead atoms. The molecule has 6 heteroatoms. The number of hydrogen-bond acceptors (Lipinski definition) is 5. The Morgan fingerprint density at radius 3 is 2.76 bits per heavy atom. The molecule has 0 saturated carbocycles. The predicted octanol–water partition coefficient (Wildman–Crippen LogP) is 3.81. The predicted molar refractivity (Wildman–Crippen MR) is 103 cm³/mol. The van der Waals surface area contributed by atoms with Gasteiger partial charge in [0.2, 0.25) is 5.91 Å². The molecule has 1 saturated heterocycles. The zero-order chi connectivity index (χ0) is 17.6. The van der Waals surface area contributed by atoms with Gasteiger partial charge in [0.05, 0.1) is 5.75 Å². The van der Waals surface area contributed by atoms with Crippen LogP contribution in [0.4, 0.5) is 11.5 Å². The first-order valence-corrected chi connectivity index (χ1v) is 9.67. The van der Waals surface area contributed by atoms with Crippen molar-refractivity contribution in [3.05, 3.63) is 41.7 Å². The van der Waals surface area contributed by atoms with E-state index in [9.17, 15) is 4.79 Å². The standard InChI is InChI=1S/C19H24N4OS/c1-14-6-7-15(2)16(10-14)22-18(24)12-25-19-11-17(20-13-21-19)23-8-4-3-5-9-23/h6-7,10-11,13H,3-5,8-9,12H2,1-2H3,(H,22,24). The van der Waals surface area contributed by atoms with E-state index >= 15 is 0 Å². The summed E-state index contributed by atoms with van der Waals surface area (Å²) < 4.78 is 0. The summed E-state index contributed by atoms with van der Waals surface area (Å²) in [5, 5.41) is 3.83. The van der Waals surface area contributed by atoms with E-state index in [1.165, 1.54) is 31.0 Å². The van der Waals surface area contributed by atoms with Gasteiger partial charge >= 0.3 is 0 Å². The molecule has 1 aromatic carbocycles. The Hall–Kier alpha value is -2.08. The Morgan fingerprint density at radius 1 is 1.16 bits per heavy atom. The summed E-state index contributed by atoms with van der Waals surface area (Å²) in [5.41, 5.74) is 3.08. The van der Waals surface area contributed by atoms with Gasteiger partial charge in [0, 0.05) is 24.8 Å². The number of hydrogen-bond donors (Lipinski definition) is 1. The molecule has 5 nitrogen and oxygen atoms in total. The number of nitrogens with zero attached hydrogens (tertiary/aromatic N) is 3. The summed E-state index contributed by atoms with van der Waals surface area (Å²) in [5.74, 6) is 1.29. The van der Waals surface area contributed by atoms with E-state index in [1.54, 1.807) is 6.33 Å². The van der Waals surface area contributed by atoms with E-state index in [1.807, 2.05) is 38.1 Å². The fourth-order valence-corrected chi connectivity index (χ4v) is 3.56. The molecule has 1 fully saturated rings. The molecule has 132 valence electrons. The SMILES string of the molecule is Cc1ccc(C)c(NC(=O)CSc2cc(N3CCCCC3)ncn2)c1. The van der Waals surface area contributed by atoms with Crippen LogP contribution in [-0.2, 0) is 4.79 Å². The molecule has 3 rings (SSSR count). The monoisotopic (exact) mass is 356 g/mol. The summed E-state index contributed by atoms with van der Waals surface area (Å²) in [4.78, 5) is 23.2. The summed E-state index contributed by atoms with van der Waals surface area (Å²) in [6, 6.07) is 8.05. The summed E-state index contributed by atoms with van der Waals surface area (Å²) in [6.45, 7) is 6.12. The van der Waals surface area contributed by atoms with E-state index in [0.29, 0.717) is 5.75 Å². The van der Waals surface area contributed by atoms with Gasteiger partial charge in [0.15, 0.2) is 0 Å². The van der Waals surface area contributed by atoms with Gasteiger partial charge in [-0.15, -0.1) is 0 Å². The van der Waals surface area contributed by atoms with Crippen molar-refractivity contribution in [3.8, 4) is 0 Å². The Morgan fingerprint density at radius 2 is 1.96 bits per heavy atom. The Labute approximate surface area is 153 Å². The highest BCUT2D eigenvalue weighted by Crippen LogP contribution is 2.23. The van der Waals surface area contributed by atoms with Gasteiger partial charge in [-0.05, 0) is 50.3 Å². The van der Waals surface area contributed by atoms with Crippen molar-refractivity contribution in [1.29, 1.82) is 0 Å². The third-order valence-corrected chi connectivity index (χ3v) is 5.25. The van der Waals surface area contributed by atoms with Crippen LogP contribution in [0.2, 0.25) is 0 Å². The molecule has 1 aliphatic rings. The van der Waals surface area contributed by atoms with Crippen molar-refractivity contribution < 1.29 is 4.79 Å². The minimum Gasteiger partial charge on any atom is -0.356 e. The number of benzene rings is 1. The number of thioether (sulfide) groups is 1. The average molecular weight is 356 g/mol. The van der Waals surface area contributed by atoms with Gasteiger partial charge < -0.3 is 10.2 Å². The molecule has 25 heavy (non-hydrogen) atoms. The fourth-order valence-electron chi connectivity index (χ4n) is 2.90. The van der Waals surface area contributed by atoms with Gasteiger partial charge in [-0.3, -0.25) is 4.79 Å². The second-order valence-corrected chi connectivity index (χ2v) is 7.41. The van der Waals surface area contributed by atoms with Crippen molar-refractivity contribution in [2.45, 2.75) is 38.1 Å². The van der Waals surface area contributed by atoms with Gasteiger partial charge in [-0.1, -0.05) is 23.9 Å². The number of rotatable bonds is 5. The molecule has 1 amide bonds. The highest BCUT2D eigenvalue weighted by atomic mass is 32.2. The zero-order valence-electron chi connectivity index (χ0n) is 14.8. The number of carbonyl (C=O) groups is 1. The Bertz CT molecular complexity index is 744. The van der Waals surface area contributed by atoms with Crippen molar-refractivity contribution in [1.82, 2.24) is 9.97 Å². The van der Waals surface area contributed by atoms with Crippen molar-refractivity contribution in [2.24, 2.45) is 0 Å². The highest BCUT2D eigenvalue weighted by Gasteiger charge is 2.13. The number of aromatic nitrogens is 2. The maximum atomic E-state index is 12.3. The Kier molecular flexibility index (Phi) is 5.91. The van der Waals surface area contributed by atoms with Crippen LogP contribution in [0.3, 0.4) is 0 Å². The molecule has 1 aliphatic heterocycles. The largest absolute Gasteiger partial charge is 0.356 e. The summed E-state index contributed by atoms with van der Waals surface area (Å²) in [7, 11) is 0. The average Bonchev–Trinajstić information content (AvgIpc) is 2.64. The lowest BCUT2D eigenvalue weighted by Crippen LogP contribution is -2.30. The van der Waals surface area contributed by atoms with Crippen LogP contribution in [0.5, 0.6) is 0 Å². The smallest absolute Gasteiger partial charge is 0.234 e. The first-order chi connectivity index (χ1) is 12.1. The van der Waals surface area contributed by atoms with Crippen LogP contribution in [0, 0.1) is 13.8 Å². The minimum atomic E-state index is -0.0168. The molecule has 0 unspecified atom stereocenters. The fraction of sp³-hybridized carbons (Fsp3) is 0.421. The summed E-state index contributed by atoms with van der Waals surface area (Å²) in [6.07, 6.45) is 5.31. The van der Waals surface area contributed by atoms with E-state index in [2.05, 4.69) is 20.2 Å². The molecule has 2 heterocycles. The number of anilines is 2. The third kappa shape index (κ3) is 4.95. The molecule has 0 spiro atoms. The molecular formula is C19H24N4OS. The van der Waals surface area contributed by atoms with Gasteiger partial charge in [-0.25, -0.2) is 9.97 Å². The molecule has 0 atom stereocenters. The van der Waals surface area contributed by atoms with Crippen LogP contribution in [-0.4, -0.2) is 34.7 Å². The van der Waals surface area contributed by atoms with Crippen molar-refractivity contribution in [3.63, 3.8) is 0 Å². The van der Waals surface area contributed by atoms with E-state index in [-0.39, 0.29) is 5.91 Å². The quantitative estimate of drug-likeness (QED) is 0.652. The number of carbonyl (C=O) groups excluding carboxylic acids is 1. The Balaban J connectivity index is 1.57. The van der Waals surface area contributed by atoms with E-state index in [4.69, 9.17) is 0 Å². The number of aryl methyl sites for hydroxylation is 2. The number of amides is 1. The zero-order valence-corrected chi connectivity index (χ0v) is 15.6. The first-order valence-electron chi connectivity index (χ1n) is 8.69. The molecule has 1 N–H and O–H groups in total. The lowest BCUT2D eigenvalue weighted by Gasteiger charge is -2.27. The lowest BCUT2D eigenvalue weighted by molar-refractivity contribution is -0.113. The normalized spacial score (nSPS) is 14.4. The highest BCUT2D eigenvalue weighted by molar-refractivity contribution is 7.99. The first kappa shape index (κ1) is 17.7. The van der Waals surface area contributed by atoms with Gasteiger partial charge in [-0.2, -0.15) is 0 Å². The maximum Gasteiger partial charge on any atom is 0.234 e. The third-order valence-electron chi connectivity index (χ3n) is 4.33. The molecule has 0 aliphatic carbocycles. The minimum absolute atomic E-state index is 0.0168. The van der Waals surface area contributed by atoms with E-state index in [0.717, 1.165) is 40.7 Å². The van der Waals surface area contributed by atoms with E-state index < -0.39 is 0 Å². The number of nitrogens with one attached hydrogen (secondary N) is 1. The van der Waals surface area contributed by atoms with Gasteiger partial charge in [0.1, 0.15) is 17.2 Å². The molecule has 1 aromatic heterocycles. The molecule has 0 radical (unpaired) electrons. The topological polar surface area (TPSA) is 58.1 Å². The molecule has 2 aromatic rings. The summed E-state index contributed by atoms with van der Waals surface area (Å²) >= 11 is 1.45. The lowest BCUT2D eigenvalue weighted by atomic mass is 10.1. The van der Waals surface area contributed by atoms with Crippen LogP contribution in [0.15, 0.2) is 35.6 Å². The van der Waals surface area contributed by atoms with Crippen LogP contribution in [0.1, 0.15) is 30.4 Å². The maximum absolute atomic E-state index is 12.3. The second-order valence-electron chi connectivity index (χ2n) is 6.42. The van der Waals surface area contributed by atoms with Gasteiger partial charge in [0.25, 0.3) is 0 Å². The van der Waals surface area contributed by atoms with Crippen LogP contribution < -0.4 is 10.2 Å². The van der Waals surface area contributed by atoms with Crippen molar-refractivity contribution >= 4 is 29.2 Å². The van der Waals surface area contributed by atoms with Crippen molar-refractivity contribution in [2.75, 3.05) is 29.1 Å². The molecular weight excluding hydrogens is 332 g/mol.